The van der Waals surface area contributed by atoms with Crippen LogP contribution in [0.3, 0.4) is 0 Å². The Bertz CT molecular complexity index is 671. The van der Waals surface area contributed by atoms with Crippen molar-refractivity contribution in [2.45, 2.75) is 13.5 Å². The molecule has 0 spiro atoms. The lowest BCUT2D eigenvalue weighted by Crippen LogP contribution is -2.24. The molecule has 0 heterocycles. The predicted molar refractivity (Wildman–Crippen MR) is 79.7 cm³/mol. The number of carbonyl (C=O) groups is 1. The minimum atomic E-state index is -0.326. The highest BCUT2D eigenvalue weighted by Gasteiger charge is 2.11. The van der Waals surface area contributed by atoms with Crippen molar-refractivity contribution in [2.24, 2.45) is 0 Å². The number of aryl methyl sites for hydroxylation is 1. The highest BCUT2D eigenvalue weighted by atomic mass is 19.1. The van der Waals surface area contributed by atoms with Gasteiger partial charge in [0.05, 0.1) is 12.7 Å². The fraction of sp³-hybridized carbons (Fsp3) is 0.188. The van der Waals surface area contributed by atoms with E-state index in [1.807, 2.05) is 0 Å². The van der Waals surface area contributed by atoms with Gasteiger partial charge >= 0.3 is 0 Å². The molecule has 0 radical (unpaired) electrons. The van der Waals surface area contributed by atoms with Gasteiger partial charge in [-0.25, -0.2) is 4.39 Å². The number of amides is 1. The molecule has 5 heteroatoms. The van der Waals surface area contributed by atoms with E-state index < -0.39 is 0 Å². The van der Waals surface area contributed by atoms with E-state index in [4.69, 9.17) is 10.5 Å². The Balaban J connectivity index is 2.09. The minimum Gasteiger partial charge on any atom is -0.497 e. The van der Waals surface area contributed by atoms with Gasteiger partial charge < -0.3 is 15.8 Å². The average Bonchev–Trinajstić information content (AvgIpc) is 2.48. The zero-order valence-corrected chi connectivity index (χ0v) is 11.9. The van der Waals surface area contributed by atoms with Crippen molar-refractivity contribution < 1.29 is 13.9 Å². The Morgan fingerprint density at radius 1 is 1.29 bits per heavy atom. The van der Waals surface area contributed by atoms with Gasteiger partial charge in [-0.3, -0.25) is 4.79 Å². The third-order valence-electron chi connectivity index (χ3n) is 3.19. The van der Waals surface area contributed by atoms with E-state index in [-0.39, 0.29) is 18.3 Å². The van der Waals surface area contributed by atoms with Crippen LogP contribution in [0.1, 0.15) is 21.5 Å². The molecular weight excluding hydrogens is 271 g/mol. The van der Waals surface area contributed by atoms with Gasteiger partial charge in [-0.15, -0.1) is 0 Å². The summed E-state index contributed by atoms with van der Waals surface area (Å²) in [5.41, 5.74) is 7.74. The molecule has 1 amide bonds. The van der Waals surface area contributed by atoms with Gasteiger partial charge in [-0.05, 0) is 42.3 Å². The largest absolute Gasteiger partial charge is 0.497 e. The van der Waals surface area contributed by atoms with Gasteiger partial charge in [-0.1, -0.05) is 12.1 Å². The first-order valence-electron chi connectivity index (χ1n) is 6.48. The van der Waals surface area contributed by atoms with Crippen molar-refractivity contribution in [1.82, 2.24) is 5.32 Å². The second-order valence-corrected chi connectivity index (χ2v) is 4.72. The number of carbonyl (C=O) groups excluding carboxylic acids is 1. The van der Waals surface area contributed by atoms with Crippen molar-refractivity contribution in [3.63, 3.8) is 0 Å². The number of benzene rings is 2. The molecule has 0 bridgehead atoms. The van der Waals surface area contributed by atoms with Gasteiger partial charge in [0.2, 0.25) is 0 Å². The van der Waals surface area contributed by atoms with Crippen LogP contribution in [0.5, 0.6) is 5.75 Å². The first-order chi connectivity index (χ1) is 10.0. The predicted octanol–water partition coefficient (Wildman–Crippen LogP) is 2.65. The average molecular weight is 288 g/mol. The molecule has 0 fully saturated rings. The van der Waals surface area contributed by atoms with Crippen molar-refractivity contribution >= 4 is 11.6 Å². The summed E-state index contributed by atoms with van der Waals surface area (Å²) in [6.45, 7) is 1.92. The molecule has 110 valence electrons. The highest BCUT2D eigenvalue weighted by molar-refractivity contribution is 5.99. The molecule has 21 heavy (non-hydrogen) atoms. The van der Waals surface area contributed by atoms with Crippen LogP contribution in [0.15, 0.2) is 36.4 Å². The molecule has 0 aliphatic carbocycles. The quantitative estimate of drug-likeness (QED) is 0.850. The van der Waals surface area contributed by atoms with Crippen LogP contribution in [0.4, 0.5) is 10.1 Å². The van der Waals surface area contributed by atoms with E-state index in [0.29, 0.717) is 28.1 Å². The van der Waals surface area contributed by atoms with E-state index in [0.717, 1.165) is 0 Å². The lowest BCUT2D eigenvalue weighted by molar-refractivity contribution is 0.0951. The summed E-state index contributed by atoms with van der Waals surface area (Å²) in [6, 6.07) is 9.72. The van der Waals surface area contributed by atoms with Crippen molar-refractivity contribution in [3.05, 3.63) is 58.9 Å². The Kier molecular flexibility index (Phi) is 4.42. The van der Waals surface area contributed by atoms with E-state index in [2.05, 4.69) is 5.32 Å². The van der Waals surface area contributed by atoms with E-state index in [9.17, 15) is 9.18 Å². The smallest absolute Gasteiger partial charge is 0.253 e. The van der Waals surface area contributed by atoms with Crippen LogP contribution >= 0.6 is 0 Å². The Labute approximate surface area is 122 Å². The summed E-state index contributed by atoms with van der Waals surface area (Å²) >= 11 is 0. The number of methoxy groups -OCH3 is 1. The summed E-state index contributed by atoms with van der Waals surface area (Å²) in [5, 5.41) is 2.71. The van der Waals surface area contributed by atoms with Gasteiger partial charge in [-0.2, -0.15) is 0 Å². The van der Waals surface area contributed by atoms with Gasteiger partial charge in [0.1, 0.15) is 11.6 Å². The monoisotopic (exact) mass is 288 g/mol. The van der Waals surface area contributed by atoms with Crippen LogP contribution < -0.4 is 15.8 Å². The number of anilines is 1. The highest BCUT2D eigenvalue weighted by Crippen LogP contribution is 2.19. The van der Waals surface area contributed by atoms with E-state index >= 15 is 0 Å². The molecule has 0 aliphatic heterocycles. The summed E-state index contributed by atoms with van der Waals surface area (Å²) in [6.07, 6.45) is 0. The third-order valence-corrected chi connectivity index (χ3v) is 3.19. The molecule has 2 rings (SSSR count). The molecule has 0 aromatic heterocycles. The van der Waals surface area contributed by atoms with Gasteiger partial charge in [0.15, 0.2) is 0 Å². The molecule has 0 unspecified atom stereocenters. The van der Waals surface area contributed by atoms with Gasteiger partial charge in [0.25, 0.3) is 5.91 Å². The number of rotatable bonds is 4. The minimum absolute atomic E-state index is 0.229. The number of hydrogen-bond acceptors (Lipinski definition) is 3. The number of nitrogen functional groups attached to an aromatic ring is 1. The number of hydrogen-bond donors (Lipinski definition) is 2. The summed E-state index contributed by atoms with van der Waals surface area (Å²) < 4.78 is 18.5. The van der Waals surface area contributed by atoms with Crippen molar-refractivity contribution in [2.75, 3.05) is 12.8 Å². The molecule has 4 nitrogen and oxygen atoms in total. The number of nitrogens with one attached hydrogen (secondary N) is 1. The first kappa shape index (κ1) is 14.8. The second-order valence-electron chi connectivity index (χ2n) is 4.72. The lowest BCUT2D eigenvalue weighted by atomic mass is 10.1. The summed E-state index contributed by atoms with van der Waals surface area (Å²) in [7, 11) is 1.52. The van der Waals surface area contributed by atoms with Crippen LogP contribution in [0.25, 0.3) is 0 Å². The first-order valence-corrected chi connectivity index (χ1v) is 6.48. The molecule has 0 saturated carbocycles. The van der Waals surface area contributed by atoms with Gasteiger partial charge in [0, 0.05) is 12.2 Å². The van der Waals surface area contributed by atoms with Crippen LogP contribution in [0.2, 0.25) is 0 Å². The van der Waals surface area contributed by atoms with E-state index in [1.165, 1.54) is 13.2 Å². The molecule has 2 aromatic carbocycles. The van der Waals surface area contributed by atoms with Crippen LogP contribution in [-0.2, 0) is 6.54 Å². The lowest BCUT2D eigenvalue weighted by Gasteiger charge is -2.09. The Morgan fingerprint density at radius 2 is 2.05 bits per heavy atom. The SMILES string of the molecule is COc1ccc(N)c(C(=O)NCc2ccc(C)c(F)c2)c1. The zero-order valence-electron chi connectivity index (χ0n) is 11.9. The van der Waals surface area contributed by atoms with Crippen LogP contribution in [-0.4, -0.2) is 13.0 Å². The molecule has 0 atom stereocenters. The number of ether oxygens (including phenoxy) is 1. The van der Waals surface area contributed by atoms with Crippen LogP contribution in [0, 0.1) is 12.7 Å². The number of halogens is 1. The molecule has 3 N–H and O–H groups in total. The topological polar surface area (TPSA) is 64.3 Å². The Morgan fingerprint density at radius 3 is 2.71 bits per heavy atom. The fourth-order valence-corrected chi connectivity index (χ4v) is 1.88. The maximum Gasteiger partial charge on any atom is 0.253 e. The molecular formula is C16H17FN2O2. The fourth-order valence-electron chi connectivity index (χ4n) is 1.88. The molecule has 0 saturated heterocycles. The zero-order chi connectivity index (χ0) is 15.4. The maximum absolute atomic E-state index is 13.4. The Hall–Kier alpha value is -2.56. The summed E-state index contributed by atoms with van der Waals surface area (Å²) in [5.74, 6) is -0.0641. The maximum atomic E-state index is 13.4. The normalized spacial score (nSPS) is 10.2. The summed E-state index contributed by atoms with van der Waals surface area (Å²) in [4.78, 5) is 12.1. The van der Waals surface area contributed by atoms with Crippen molar-refractivity contribution in [1.29, 1.82) is 0 Å². The standard InChI is InChI=1S/C16H17FN2O2/c1-10-3-4-11(7-14(10)17)9-19-16(20)13-8-12(21-2)5-6-15(13)18/h3-8H,9,18H2,1-2H3,(H,19,20). The van der Waals surface area contributed by atoms with E-state index in [1.54, 1.807) is 37.3 Å². The molecule has 0 aliphatic rings. The molecule has 2 aromatic rings. The number of nitrogens with two attached hydrogens (primary N) is 1. The van der Waals surface area contributed by atoms with Crippen molar-refractivity contribution in [3.8, 4) is 5.75 Å². The third kappa shape index (κ3) is 3.51. The second kappa shape index (κ2) is 6.26.